The zero-order chi connectivity index (χ0) is 19.8. The summed E-state index contributed by atoms with van der Waals surface area (Å²) in [4.78, 5) is 21.0. The summed E-state index contributed by atoms with van der Waals surface area (Å²) in [6.45, 7) is 5.59. The lowest BCUT2D eigenvalue weighted by atomic mass is 10.2. The van der Waals surface area contributed by atoms with E-state index in [1.807, 2.05) is 18.2 Å². The summed E-state index contributed by atoms with van der Waals surface area (Å²) in [5, 5.41) is 2.96. The van der Waals surface area contributed by atoms with Crippen LogP contribution in [0.15, 0.2) is 42.6 Å². The van der Waals surface area contributed by atoms with E-state index < -0.39 is 0 Å². The van der Waals surface area contributed by atoms with Gasteiger partial charge in [0.15, 0.2) is 0 Å². The highest BCUT2D eigenvalue weighted by Crippen LogP contribution is 2.28. The molecule has 1 aromatic carbocycles. The SMILES string of the molecule is COc1cc(C(=O)NCCCN2CCN(c3ccccc3OC)CC2)ccn1. The molecular formula is C21H28N4O3. The Kier molecular flexibility index (Phi) is 7.08. The van der Waals surface area contributed by atoms with E-state index in [0.717, 1.165) is 50.6 Å². The fourth-order valence-corrected chi connectivity index (χ4v) is 3.37. The number of piperazine rings is 1. The highest BCUT2D eigenvalue weighted by Gasteiger charge is 2.19. The fraction of sp³-hybridized carbons (Fsp3) is 0.429. The van der Waals surface area contributed by atoms with Gasteiger partial charge in [-0.25, -0.2) is 4.98 Å². The van der Waals surface area contributed by atoms with Crippen LogP contribution in [-0.2, 0) is 0 Å². The first kappa shape index (κ1) is 19.9. The van der Waals surface area contributed by atoms with E-state index in [2.05, 4.69) is 26.2 Å². The van der Waals surface area contributed by atoms with Crippen LogP contribution in [0.3, 0.4) is 0 Å². The van der Waals surface area contributed by atoms with Gasteiger partial charge in [0, 0.05) is 50.6 Å². The molecule has 0 aliphatic carbocycles. The smallest absolute Gasteiger partial charge is 0.251 e. The largest absolute Gasteiger partial charge is 0.495 e. The van der Waals surface area contributed by atoms with Crippen molar-refractivity contribution in [3.63, 3.8) is 0 Å². The second-order valence-electron chi connectivity index (χ2n) is 6.70. The number of ether oxygens (including phenoxy) is 2. The first-order chi connectivity index (χ1) is 13.7. The Morgan fingerprint density at radius 3 is 2.64 bits per heavy atom. The van der Waals surface area contributed by atoms with Gasteiger partial charge >= 0.3 is 0 Å². The topological polar surface area (TPSA) is 66.9 Å². The van der Waals surface area contributed by atoms with Crippen molar-refractivity contribution in [2.24, 2.45) is 0 Å². The van der Waals surface area contributed by atoms with Crippen molar-refractivity contribution in [2.45, 2.75) is 6.42 Å². The Morgan fingerprint density at radius 2 is 1.89 bits per heavy atom. The number of anilines is 1. The number of nitrogens with one attached hydrogen (secondary N) is 1. The number of hydrogen-bond donors (Lipinski definition) is 1. The van der Waals surface area contributed by atoms with Crippen molar-refractivity contribution in [2.75, 3.05) is 58.4 Å². The van der Waals surface area contributed by atoms with Crippen LogP contribution in [0.25, 0.3) is 0 Å². The maximum absolute atomic E-state index is 12.2. The molecule has 150 valence electrons. The van der Waals surface area contributed by atoms with Crippen LogP contribution in [0.2, 0.25) is 0 Å². The third-order valence-electron chi connectivity index (χ3n) is 4.94. The van der Waals surface area contributed by atoms with Crippen LogP contribution in [0, 0.1) is 0 Å². The average molecular weight is 384 g/mol. The molecule has 3 rings (SSSR count). The molecule has 0 saturated carbocycles. The number of hydrogen-bond acceptors (Lipinski definition) is 6. The molecule has 1 aliphatic rings. The van der Waals surface area contributed by atoms with E-state index in [0.29, 0.717) is 18.0 Å². The molecule has 1 saturated heterocycles. The van der Waals surface area contributed by atoms with E-state index in [4.69, 9.17) is 9.47 Å². The van der Waals surface area contributed by atoms with Crippen LogP contribution in [-0.4, -0.2) is 69.3 Å². The molecular weight excluding hydrogens is 356 g/mol. The number of carbonyl (C=O) groups is 1. The van der Waals surface area contributed by atoms with Crippen LogP contribution in [0.1, 0.15) is 16.8 Å². The molecule has 28 heavy (non-hydrogen) atoms. The molecule has 1 amide bonds. The van der Waals surface area contributed by atoms with Gasteiger partial charge in [-0.2, -0.15) is 0 Å². The number of carbonyl (C=O) groups excluding carboxylic acids is 1. The summed E-state index contributed by atoms with van der Waals surface area (Å²) >= 11 is 0. The van der Waals surface area contributed by atoms with E-state index in [1.54, 1.807) is 25.4 Å². The highest BCUT2D eigenvalue weighted by atomic mass is 16.5. The number of aromatic nitrogens is 1. The summed E-state index contributed by atoms with van der Waals surface area (Å²) < 4.78 is 10.5. The van der Waals surface area contributed by atoms with Crippen molar-refractivity contribution in [1.82, 2.24) is 15.2 Å². The molecule has 1 aliphatic heterocycles. The molecule has 7 nitrogen and oxygen atoms in total. The number of nitrogens with zero attached hydrogens (tertiary/aromatic N) is 3. The number of para-hydroxylation sites is 2. The molecule has 0 atom stereocenters. The van der Waals surface area contributed by atoms with Gasteiger partial charge in [-0.3, -0.25) is 9.69 Å². The van der Waals surface area contributed by atoms with Crippen molar-refractivity contribution in [3.8, 4) is 11.6 Å². The molecule has 0 bridgehead atoms. The Labute approximate surface area is 166 Å². The number of benzene rings is 1. The van der Waals surface area contributed by atoms with Crippen LogP contribution >= 0.6 is 0 Å². The van der Waals surface area contributed by atoms with Crippen molar-refractivity contribution in [1.29, 1.82) is 0 Å². The molecule has 1 fully saturated rings. The predicted molar refractivity (Wildman–Crippen MR) is 109 cm³/mol. The summed E-state index contributed by atoms with van der Waals surface area (Å²) in [7, 11) is 3.25. The maximum Gasteiger partial charge on any atom is 0.251 e. The summed E-state index contributed by atoms with van der Waals surface area (Å²) in [5.74, 6) is 1.27. The minimum atomic E-state index is -0.0957. The van der Waals surface area contributed by atoms with Gasteiger partial charge in [-0.05, 0) is 31.2 Å². The monoisotopic (exact) mass is 384 g/mol. The zero-order valence-electron chi connectivity index (χ0n) is 16.6. The van der Waals surface area contributed by atoms with Crippen molar-refractivity contribution >= 4 is 11.6 Å². The molecule has 2 aromatic rings. The lowest BCUT2D eigenvalue weighted by Gasteiger charge is -2.36. The van der Waals surface area contributed by atoms with Crippen LogP contribution in [0.4, 0.5) is 5.69 Å². The number of methoxy groups -OCH3 is 2. The normalized spacial score (nSPS) is 14.6. The molecule has 0 radical (unpaired) electrons. The van der Waals surface area contributed by atoms with Gasteiger partial charge < -0.3 is 19.7 Å². The van der Waals surface area contributed by atoms with Crippen molar-refractivity contribution in [3.05, 3.63) is 48.2 Å². The minimum absolute atomic E-state index is 0.0957. The minimum Gasteiger partial charge on any atom is -0.495 e. The van der Waals surface area contributed by atoms with Crippen molar-refractivity contribution < 1.29 is 14.3 Å². The van der Waals surface area contributed by atoms with Gasteiger partial charge in [0.05, 0.1) is 19.9 Å². The van der Waals surface area contributed by atoms with Gasteiger partial charge in [0.2, 0.25) is 5.88 Å². The Morgan fingerprint density at radius 1 is 1.11 bits per heavy atom. The van der Waals surface area contributed by atoms with E-state index >= 15 is 0 Å². The number of pyridine rings is 1. The van der Waals surface area contributed by atoms with Gasteiger partial charge in [-0.1, -0.05) is 12.1 Å². The van der Waals surface area contributed by atoms with Gasteiger partial charge in [-0.15, -0.1) is 0 Å². The first-order valence-electron chi connectivity index (χ1n) is 9.60. The Balaban J connectivity index is 1.38. The molecule has 7 heteroatoms. The molecule has 1 N–H and O–H groups in total. The number of rotatable bonds is 8. The Bertz CT molecular complexity index is 776. The first-order valence-corrected chi connectivity index (χ1v) is 9.60. The van der Waals surface area contributed by atoms with Crippen LogP contribution < -0.4 is 19.7 Å². The lowest BCUT2D eigenvalue weighted by Crippen LogP contribution is -2.47. The maximum atomic E-state index is 12.2. The number of amides is 1. The molecule has 1 aromatic heterocycles. The zero-order valence-corrected chi connectivity index (χ0v) is 16.6. The molecule has 0 unspecified atom stereocenters. The standard InChI is InChI=1S/C21H28N4O3/c1-27-19-7-4-3-6-18(19)25-14-12-24(13-15-25)11-5-9-23-21(26)17-8-10-22-20(16-17)28-2/h3-4,6-8,10,16H,5,9,11-15H2,1-2H3,(H,23,26). The molecule has 0 spiro atoms. The van der Waals surface area contributed by atoms with Gasteiger partial charge in [0.1, 0.15) is 5.75 Å². The summed E-state index contributed by atoms with van der Waals surface area (Å²) in [6, 6.07) is 11.5. The predicted octanol–water partition coefficient (Wildman–Crippen LogP) is 2.04. The van der Waals surface area contributed by atoms with Crippen LogP contribution in [0.5, 0.6) is 11.6 Å². The highest BCUT2D eigenvalue weighted by molar-refractivity contribution is 5.94. The fourth-order valence-electron chi connectivity index (χ4n) is 3.37. The van der Waals surface area contributed by atoms with E-state index in [1.165, 1.54) is 7.11 Å². The lowest BCUT2D eigenvalue weighted by molar-refractivity contribution is 0.0951. The van der Waals surface area contributed by atoms with E-state index in [-0.39, 0.29) is 5.91 Å². The Hall–Kier alpha value is -2.80. The quantitative estimate of drug-likeness (QED) is 0.703. The third-order valence-corrected chi connectivity index (χ3v) is 4.94. The van der Waals surface area contributed by atoms with Gasteiger partial charge in [0.25, 0.3) is 5.91 Å². The third kappa shape index (κ3) is 5.13. The van der Waals surface area contributed by atoms with E-state index in [9.17, 15) is 4.79 Å². The summed E-state index contributed by atoms with van der Waals surface area (Å²) in [5.41, 5.74) is 1.72. The molecule has 2 heterocycles. The summed E-state index contributed by atoms with van der Waals surface area (Å²) in [6.07, 6.45) is 2.50. The second-order valence-corrected chi connectivity index (χ2v) is 6.70. The second kappa shape index (κ2) is 9.94. The average Bonchev–Trinajstić information content (AvgIpc) is 2.77.